The first kappa shape index (κ1) is 13.2. The van der Waals surface area contributed by atoms with Crippen molar-refractivity contribution < 1.29 is 14.3 Å². The summed E-state index contributed by atoms with van der Waals surface area (Å²) in [6.45, 7) is 4.36. The molecular weight excluding hydrogens is 256 g/mol. The summed E-state index contributed by atoms with van der Waals surface area (Å²) in [5, 5.41) is 6.47. The van der Waals surface area contributed by atoms with Crippen LogP contribution in [0.3, 0.4) is 0 Å². The lowest BCUT2D eigenvalue weighted by Gasteiger charge is -2.30. The summed E-state index contributed by atoms with van der Waals surface area (Å²) in [7, 11) is 0. The second kappa shape index (κ2) is 5.71. The van der Waals surface area contributed by atoms with Crippen molar-refractivity contribution >= 4 is 5.91 Å². The number of hydrogen-bond acceptors (Lipinski definition) is 4. The van der Waals surface area contributed by atoms with E-state index in [1.165, 1.54) is 0 Å². The average Bonchev–Trinajstić information content (AvgIpc) is 2.89. The molecule has 5 nitrogen and oxygen atoms in total. The minimum atomic E-state index is 0.0719. The highest BCUT2D eigenvalue weighted by molar-refractivity contribution is 5.79. The molecule has 0 aromatic heterocycles. The second-order valence-electron chi connectivity index (χ2n) is 5.51. The molecular formula is C15H20N2O3. The summed E-state index contributed by atoms with van der Waals surface area (Å²) in [5.41, 5.74) is 0.952. The largest absolute Gasteiger partial charge is 0.454 e. The lowest BCUT2D eigenvalue weighted by molar-refractivity contribution is -0.121. The van der Waals surface area contributed by atoms with Gasteiger partial charge in [0.15, 0.2) is 11.5 Å². The SMILES string of the molecule is CC1CNCCC1NC(=O)Cc1ccc2c(c1)OCO2. The standard InChI is InChI=1S/C15H20N2O3/c1-10-8-16-5-4-12(10)17-15(18)7-11-2-3-13-14(6-11)20-9-19-13/h2-3,6,10,12,16H,4-5,7-9H2,1H3,(H,17,18). The topological polar surface area (TPSA) is 59.6 Å². The Kier molecular flexibility index (Phi) is 3.78. The van der Waals surface area contributed by atoms with E-state index in [1.807, 2.05) is 18.2 Å². The Labute approximate surface area is 118 Å². The van der Waals surface area contributed by atoms with E-state index in [9.17, 15) is 4.79 Å². The third kappa shape index (κ3) is 2.88. The minimum Gasteiger partial charge on any atom is -0.454 e. The van der Waals surface area contributed by atoms with Gasteiger partial charge in [-0.15, -0.1) is 0 Å². The summed E-state index contributed by atoms with van der Waals surface area (Å²) in [5.74, 6) is 2.03. The van der Waals surface area contributed by atoms with Crippen molar-refractivity contribution in [1.29, 1.82) is 0 Å². The number of amides is 1. The van der Waals surface area contributed by atoms with Crippen molar-refractivity contribution in [3.05, 3.63) is 23.8 Å². The summed E-state index contributed by atoms with van der Waals surface area (Å²) in [6.07, 6.45) is 1.38. The van der Waals surface area contributed by atoms with E-state index in [0.29, 0.717) is 12.3 Å². The Morgan fingerprint density at radius 3 is 3.10 bits per heavy atom. The molecule has 0 spiro atoms. The molecule has 1 saturated heterocycles. The molecule has 3 rings (SSSR count). The molecule has 2 N–H and O–H groups in total. The first-order valence-electron chi connectivity index (χ1n) is 7.11. The van der Waals surface area contributed by atoms with Gasteiger partial charge in [0.25, 0.3) is 0 Å². The Bertz CT molecular complexity index is 504. The Balaban J connectivity index is 1.58. The van der Waals surface area contributed by atoms with Gasteiger partial charge in [-0.25, -0.2) is 0 Å². The van der Waals surface area contributed by atoms with E-state index in [1.54, 1.807) is 0 Å². The molecule has 1 amide bonds. The Morgan fingerprint density at radius 1 is 1.40 bits per heavy atom. The van der Waals surface area contributed by atoms with Crippen molar-refractivity contribution in [3.63, 3.8) is 0 Å². The molecule has 20 heavy (non-hydrogen) atoms. The maximum atomic E-state index is 12.1. The van der Waals surface area contributed by atoms with Crippen molar-refractivity contribution in [3.8, 4) is 11.5 Å². The highest BCUT2D eigenvalue weighted by atomic mass is 16.7. The Hall–Kier alpha value is -1.75. The summed E-state index contributed by atoms with van der Waals surface area (Å²) in [4.78, 5) is 12.1. The molecule has 1 aromatic carbocycles. The summed E-state index contributed by atoms with van der Waals surface area (Å²) < 4.78 is 10.6. The van der Waals surface area contributed by atoms with Gasteiger partial charge in [0.1, 0.15) is 0 Å². The molecule has 2 aliphatic heterocycles. The highest BCUT2D eigenvalue weighted by Crippen LogP contribution is 2.32. The molecule has 1 fully saturated rings. The second-order valence-corrected chi connectivity index (χ2v) is 5.51. The summed E-state index contributed by atoms with van der Waals surface area (Å²) >= 11 is 0. The molecule has 2 heterocycles. The van der Waals surface area contributed by atoms with Crippen LogP contribution < -0.4 is 20.1 Å². The summed E-state index contributed by atoms with van der Waals surface area (Å²) in [6, 6.07) is 5.93. The van der Waals surface area contributed by atoms with Gasteiger partial charge >= 0.3 is 0 Å². The van der Waals surface area contributed by atoms with Crippen molar-refractivity contribution in [2.24, 2.45) is 5.92 Å². The average molecular weight is 276 g/mol. The van der Waals surface area contributed by atoms with Crippen LogP contribution in [-0.2, 0) is 11.2 Å². The van der Waals surface area contributed by atoms with Gasteiger partial charge in [0, 0.05) is 6.04 Å². The highest BCUT2D eigenvalue weighted by Gasteiger charge is 2.22. The van der Waals surface area contributed by atoms with E-state index in [2.05, 4.69) is 17.6 Å². The number of benzene rings is 1. The van der Waals surface area contributed by atoms with Crippen molar-refractivity contribution in [2.45, 2.75) is 25.8 Å². The molecule has 0 aliphatic carbocycles. The van der Waals surface area contributed by atoms with Crippen molar-refractivity contribution in [2.75, 3.05) is 19.9 Å². The van der Waals surface area contributed by atoms with Gasteiger partial charge in [-0.05, 0) is 43.1 Å². The lowest BCUT2D eigenvalue weighted by Crippen LogP contribution is -2.48. The zero-order valence-electron chi connectivity index (χ0n) is 11.6. The van der Waals surface area contributed by atoms with Gasteiger partial charge in [0.05, 0.1) is 6.42 Å². The fourth-order valence-corrected chi connectivity index (χ4v) is 2.72. The third-order valence-corrected chi connectivity index (χ3v) is 3.93. The molecule has 1 aromatic rings. The number of ether oxygens (including phenoxy) is 2. The van der Waals surface area contributed by atoms with Crippen LogP contribution in [0.15, 0.2) is 18.2 Å². The number of nitrogens with one attached hydrogen (secondary N) is 2. The van der Waals surface area contributed by atoms with Crippen LogP contribution in [0.2, 0.25) is 0 Å². The van der Waals surface area contributed by atoms with Crippen LogP contribution >= 0.6 is 0 Å². The lowest BCUT2D eigenvalue weighted by atomic mass is 9.95. The smallest absolute Gasteiger partial charge is 0.231 e. The molecule has 2 unspecified atom stereocenters. The van der Waals surface area contributed by atoms with Gasteiger partial charge in [0.2, 0.25) is 12.7 Å². The molecule has 2 aliphatic rings. The normalized spacial score (nSPS) is 24.4. The first-order valence-corrected chi connectivity index (χ1v) is 7.11. The van der Waals surface area contributed by atoms with Crippen LogP contribution in [0.4, 0.5) is 0 Å². The van der Waals surface area contributed by atoms with E-state index < -0.39 is 0 Å². The predicted octanol–water partition coefficient (Wildman–Crippen LogP) is 1.07. The van der Waals surface area contributed by atoms with Crippen molar-refractivity contribution in [1.82, 2.24) is 10.6 Å². The van der Waals surface area contributed by atoms with E-state index in [4.69, 9.17) is 9.47 Å². The zero-order valence-corrected chi connectivity index (χ0v) is 11.6. The number of fused-ring (bicyclic) bond motifs is 1. The van der Waals surface area contributed by atoms with Crippen LogP contribution in [0, 0.1) is 5.92 Å². The first-order chi connectivity index (χ1) is 9.72. The number of piperidine rings is 1. The fourth-order valence-electron chi connectivity index (χ4n) is 2.72. The van der Waals surface area contributed by atoms with Crippen LogP contribution in [0.25, 0.3) is 0 Å². The number of carbonyl (C=O) groups is 1. The van der Waals surface area contributed by atoms with Crippen LogP contribution in [0.1, 0.15) is 18.9 Å². The molecule has 5 heteroatoms. The predicted molar refractivity (Wildman–Crippen MR) is 74.9 cm³/mol. The maximum Gasteiger partial charge on any atom is 0.231 e. The van der Waals surface area contributed by atoms with Gasteiger partial charge in [-0.2, -0.15) is 0 Å². The fraction of sp³-hybridized carbons (Fsp3) is 0.533. The van der Waals surface area contributed by atoms with Gasteiger partial charge in [-0.3, -0.25) is 4.79 Å². The minimum absolute atomic E-state index is 0.0719. The molecule has 0 saturated carbocycles. The number of carbonyl (C=O) groups excluding carboxylic acids is 1. The number of rotatable bonds is 3. The number of hydrogen-bond donors (Lipinski definition) is 2. The van der Waals surface area contributed by atoms with Crippen LogP contribution in [-0.4, -0.2) is 31.8 Å². The quantitative estimate of drug-likeness (QED) is 0.867. The van der Waals surface area contributed by atoms with Crippen LogP contribution in [0.5, 0.6) is 11.5 Å². The van der Waals surface area contributed by atoms with E-state index in [0.717, 1.165) is 36.6 Å². The Morgan fingerprint density at radius 2 is 2.25 bits per heavy atom. The van der Waals surface area contributed by atoms with Gasteiger partial charge < -0.3 is 20.1 Å². The van der Waals surface area contributed by atoms with E-state index >= 15 is 0 Å². The maximum absolute atomic E-state index is 12.1. The monoisotopic (exact) mass is 276 g/mol. The molecule has 108 valence electrons. The molecule has 0 bridgehead atoms. The van der Waals surface area contributed by atoms with Gasteiger partial charge in [-0.1, -0.05) is 13.0 Å². The molecule has 2 atom stereocenters. The van der Waals surface area contributed by atoms with E-state index in [-0.39, 0.29) is 18.7 Å². The zero-order chi connectivity index (χ0) is 13.9. The molecule has 0 radical (unpaired) electrons. The third-order valence-electron chi connectivity index (χ3n) is 3.93.